The minimum absolute atomic E-state index is 0.0179. The van der Waals surface area contributed by atoms with Crippen LogP contribution in [0.3, 0.4) is 0 Å². The predicted octanol–water partition coefficient (Wildman–Crippen LogP) is 6.00. The van der Waals surface area contributed by atoms with Crippen LogP contribution in [-0.4, -0.2) is 206 Å². The molecule has 448 valence electrons. The van der Waals surface area contributed by atoms with Gasteiger partial charge in [0, 0.05) is 124 Å². The van der Waals surface area contributed by atoms with Crippen molar-refractivity contribution in [3.05, 3.63) is 41.7 Å². The van der Waals surface area contributed by atoms with Gasteiger partial charge in [0.2, 0.25) is 11.8 Å². The predicted molar refractivity (Wildman–Crippen MR) is 305 cm³/mol. The smallest absolute Gasteiger partial charge is 0.406 e. The van der Waals surface area contributed by atoms with Crippen LogP contribution >= 0.6 is 0 Å². The zero-order valence-electron chi connectivity index (χ0n) is 49.1. The topological polar surface area (TPSA) is 160 Å². The first-order valence-electron chi connectivity index (χ1n) is 30.6. The van der Waals surface area contributed by atoms with Crippen molar-refractivity contribution in [3.63, 3.8) is 0 Å². The Bertz CT molecular complexity index is 2900. The fourth-order valence-electron chi connectivity index (χ4n) is 15.0. The van der Waals surface area contributed by atoms with E-state index in [4.69, 9.17) is 19.2 Å². The molecule has 3 amide bonds. The maximum Gasteiger partial charge on any atom is 0.406 e. The normalized spacial score (nSPS) is 30.3. The van der Waals surface area contributed by atoms with Gasteiger partial charge < -0.3 is 38.8 Å². The van der Waals surface area contributed by atoms with E-state index in [2.05, 4.69) is 47.2 Å². The van der Waals surface area contributed by atoms with Crippen molar-refractivity contribution in [2.75, 3.05) is 109 Å². The summed E-state index contributed by atoms with van der Waals surface area (Å²) in [5.41, 5.74) is 6.47. The van der Waals surface area contributed by atoms with Gasteiger partial charge in [-0.1, -0.05) is 27.7 Å². The number of amides is 3. The van der Waals surface area contributed by atoms with E-state index in [1.807, 2.05) is 59.0 Å². The number of morpholine rings is 1. The molecule has 2 aliphatic carbocycles. The first kappa shape index (κ1) is 57.4. The number of pyridine rings is 1. The molecule has 2 N–H and O–H groups in total. The number of hydrogen-bond acceptors (Lipinski definition) is 14. The van der Waals surface area contributed by atoms with Crippen molar-refractivity contribution >= 4 is 46.0 Å². The Hall–Kier alpha value is -5.06. The van der Waals surface area contributed by atoms with E-state index in [1.54, 1.807) is 13.2 Å². The molecule has 9 heterocycles. The van der Waals surface area contributed by atoms with Crippen molar-refractivity contribution < 1.29 is 46.6 Å². The van der Waals surface area contributed by atoms with Crippen LogP contribution in [0, 0.1) is 22.7 Å². The molecule has 6 saturated heterocycles. The number of rotatable bonds is 12. The molecule has 1 spiro atoms. The number of hydrazine groups is 1. The molecule has 1 aromatic carbocycles. The molecule has 18 nitrogen and oxygen atoms in total. The molecule has 21 heteroatoms. The Morgan fingerprint density at radius 2 is 1.70 bits per heavy atom. The number of alkyl halides is 3. The lowest BCUT2D eigenvalue weighted by Gasteiger charge is -2.39. The molecule has 0 radical (unpaired) electrons. The summed E-state index contributed by atoms with van der Waals surface area (Å²) < 4.78 is 65.6. The van der Waals surface area contributed by atoms with Crippen molar-refractivity contribution in [1.82, 2.24) is 44.9 Å². The number of likely N-dealkylation sites (tertiary alicyclic amines) is 2. The van der Waals surface area contributed by atoms with Crippen LogP contribution in [0.25, 0.3) is 22.2 Å². The Morgan fingerprint density at radius 1 is 0.927 bits per heavy atom. The number of nitrogens with zero attached hydrogens (tertiary/aromatic N) is 9. The largest absolute Gasteiger partial charge is 0.464 e. The van der Waals surface area contributed by atoms with Gasteiger partial charge in [0.1, 0.15) is 24.7 Å². The molecule has 2 aromatic heterocycles. The summed E-state index contributed by atoms with van der Waals surface area (Å²) in [5.74, 6) is -0.404. The summed E-state index contributed by atoms with van der Waals surface area (Å²) in [4.78, 5) is 76.6. The first-order valence-corrected chi connectivity index (χ1v) is 30.6. The van der Waals surface area contributed by atoms with Crippen LogP contribution < -0.4 is 20.5 Å². The van der Waals surface area contributed by atoms with Crippen LogP contribution in [-0.2, 0) is 46.4 Å². The minimum atomic E-state index is -4.59. The second-order valence-corrected chi connectivity index (χ2v) is 26.8. The van der Waals surface area contributed by atoms with Crippen molar-refractivity contribution in [2.24, 2.45) is 22.7 Å². The van der Waals surface area contributed by atoms with E-state index < -0.39 is 54.4 Å². The Kier molecular flexibility index (Phi) is 15.7. The molecule has 9 aliphatic rings. The third kappa shape index (κ3) is 11.7. The second-order valence-electron chi connectivity index (χ2n) is 26.8. The summed E-state index contributed by atoms with van der Waals surface area (Å²) in [6, 6.07) is 6.17. The Balaban J connectivity index is 0.861. The molecule has 1 unspecified atom stereocenters. The van der Waals surface area contributed by atoms with Crippen molar-refractivity contribution in [3.8, 4) is 11.3 Å². The number of nitrogens with one attached hydrogen (secondary N) is 2. The number of carbonyl (C=O) groups is 4. The molecule has 6 bridgehead atoms. The number of piperazine rings is 1. The van der Waals surface area contributed by atoms with Crippen molar-refractivity contribution in [1.29, 1.82) is 0 Å². The quantitative estimate of drug-likeness (QED) is 0.161. The lowest BCUT2D eigenvalue weighted by atomic mass is 9.84. The Morgan fingerprint density at radius 3 is 2.41 bits per heavy atom. The third-order valence-electron chi connectivity index (χ3n) is 19.8. The van der Waals surface area contributed by atoms with E-state index in [9.17, 15) is 14.4 Å². The zero-order valence-corrected chi connectivity index (χ0v) is 49.1. The van der Waals surface area contributed by atoms with Crippen LogP contribution in [0.2, 0.25) is 0 Å². The number of hydrogen-bond donors (Lipinski definition) is 2. The number of methoxy groups -OCH3 is 1. The summed E-state index contributed by atoms with van der Waals surface area (Å²) >= 11 is 0. The SMILES string of the molecule is CO[C@@H](C)c1ncc(N2CCN(C3CC3)CC2)cc1-c1c2c3cc(ccc3n1CC(F)(F)F)N1CCO[C@@H](C[C@H](NC(=O)[C@H](C(C)C)N3CC[C@]4(CCN(C(=O)[C@H]5[C@@H](C6CC6)N5C)C4)C3)C(=O)N3CCC[C@H](N3)C(=O)OCC(C)(C)C2)C1. The number of anilines is 2. The highest BCUT2D eigenvalue weighted by atomic mass is 19.4. The molecule has 3 aromatic rings. The van der Waals surface area contributed by atoms with Gasteiger partial charge in [-0.2, -0.15) is 13.2 Å². The van der Waals surface area contributed by atoms with E-state index in [-0.39, 0.29) is 54.5 Å². The second kappa shape index (κ2) is 22.4. The fraction of sp³-hybridized carbons (Fsp3) is 0.721. The van der Waals surface area contributed by atoms with Crippen molar-refractivity contribution in [2.45, 2.75) is 160 Å². The molecule has 7 aliphatic heterocycles. The van der Waals surface area contributed by atoms with Gasteiger partial charge in [-0.3, -0.25) is 43.9 Å². The number of cyclic esters (lactones) is 1. The average Bonchev–Trinajstić information content (AvgIpc) is 4.48. The first-order chi connectivity index (χ1) is 39.2. The summed E-state index contributed by atoms with van der Waals surface area (Å²) in [7, 11) is 3.64. The van der Waals surface area contributed by atoms with Crippen LogP contribution in [0.15, 0.2) is 30.5 Å². The lowest BCUT2D eigenvalue weighted by molar-refractivity contribution is -0.156. The molecule has 2 saturated carbocycles. The van der Waals surface area contributed by atoms with Gasteiger partial charge in [-0.15, -0.1) is 0 Å². The molecule has 82 heavy (non-hydrogen) atoms. The van der Waals surface area contributed by atoms with E-state index >= 15 is 18.0 Å². The van der Waals surface area contributed by atoms with E-state index in [0.717, 1.165) is 56.9 Å². The van der Waals surface area contributed by atoms with Crippen LogP contribution in [0.4, 0.5) is 24.5 Å². The van der Waals surface area contributed by atoms with Crippen LogP contribution in [0.5, 0.6) is 0 Å². The number of aromatic nitrogens is 2. The number of carbonyl (C=O) groups excluding carboxylic acids is 4. The van der Waals surface area contributed by atoms with Gasteiger partial charge in [-0.25, -0.2) is 5.43 Å². The summed E-state index contributed by atoms with van der Waals surface area (Å²) in [5, 5.41) is 5.34. The summed E-state index contributed by atoms with van der Waals surface area (Å²) in [6.45, 7) is 16.1. The number of esters is 1. The fourth-order valence-corrected chi connectivity index (χ4v) is 15.0. The maximum absolute atomic E-state index is 15.2. The molecule has 12 rings (SSSR count). The number of fused-ring (bicyclic) bond motifs is 6. The number of likely N-dealkylation sites (N-methyl/N-ethyl adjacent to an activating group) is 1. The number of ether oxygens (including phenoxy) is 3. The number of halogens is 3. The number of benzene rings is 1. The third-order valence-corrected chi connectivity index (χ3v) is 19.8. The lowest BCUT2D eigenvalue weighted by Crippen LogP contribution is -2.62. The maximum atomic E-state index is 15.2. The average molecular weight is 1140 g/mol. The molecular formula is C61H86F3N11O7. The van der Waals surface area contributed by atoms with Crippen LogP contribution in [0.1, 0.15) is 110 Å². The Labute approximate surface area is 480 Å². The molecule has 9 atom stereocenters. The molecular weight excluding hydrogens is 1060 g/mol. The highest BCUT2D eigenvalue weighted by Gasteiger charge is 2.59. The standard InChI is InChI=1S/C61H86F3N11O7/c1-37(2)51(72-19-16-60(33-72)17-20-73(34-60)57(78)54-52(68(54)6)39-10-11-39)55(76)66-48-29-43-32-71(25-26-81-43)41-14-15-49-44(27-41)46(30-59(4,5)36-82-58(79)47-9-8-18-75(67-47)56(48)77)53(74(49)35-61(62,63)64)45-28-42(31-65-50(45)38(3)80-7)70-23-21-69(22-24-70)40-12-13-40/h14-15,27-28,31,37-40,43,47-48,51-52,54,67H,8-13,16-26,29-30,32-36H2,1-7H3,(H,66,76)/t38-,43-,47-,48-,51-,52+,54+,60-,68?/m0/s1. The summed E-state index contributed by atoms with van der Waals surface area (Å²) in [6.07, 6.45) is 4.02. The highest BCUT2D eigenvalue weighted by molar-refractivity contribution is 5.95. The minimum Gasteiger partial charge on any atom is -0.464 e. The van der Waals surface area contributed by atoms with Gasteiger partial charge >= 0.3 is 12.1 Å². The monoisotopic (exact) mass is 1140 g/mol. The molecule has 8 fully saturated rings. The van der Waals surface area contributed by atoms with E-state index in [0.29, 0.717) is 110 Å². The van der Waals surface area contributed by atoms with Gasteiger partial charge in [0.15, 0.2) is 0 Å². The van der Waals surface area contributed by atoms with E-state index in [1.165, 1.54) is 35.3 Å². The highest BCUT2D eigenvalue weighted by Crippen LogP contribution is 2.49. The zero-order chi connectivity index (χ0) is 57.6. The van der Waals surface area contributed by atoms with Gasteiger partial charge in [0.25, 0.3) is 5.91 Å². The van der Waals surface area contributed by atoms with Gasteiger partial charge in [0.05, 0.1) is 54.7 Å². The van der Waals surface area contributed by atoms with Gasteiger partial charge in [-0.05, 0) is 120 Å².